The maximum atomic E-state index is 11.2. The van der Waals surface area contributed by atoms with Gasteiger partial charge in [-0.2, -0.15) is 0 Å². The van der Waals surface area contributed by atoms with Gasteiger partial charge in [-0.05, 0) is 79.8 Å². The molecule has 3 aromatic rings. The molecule has 0 aliphatic heterocycles. The molecule has 0 spiro atoms. The molecule has 8 heteroatoms. The highest BCUT2D eigenvalue weighted by Gasteiger charge is 2.22. The lowest BCUT2D eigenvalue weighted by Crippen LogP contribution is -2.33. The third-order valence-corrected chi connectivity index (χ3v) is 6.28. The standard InChI is InChI=1S/C22H29N7O/c1-13(18-12-19(23)26-22-20(18)27-29-28-22)10-11-25-17-8-6-15(7-9-17)14-2-4-16(5-3-14)21(24)30/h2-5,12-13,15,17,25H,6-11H2,1H3,(H2,24,30)(H3,23,26,27,28,29). The monoisotopic (exact) mass is 407 g/mol. The number of amides is 1. The highest BCUT2D eigenvalue weighted by Crippen LogP contribution is 2.33. The van der Waals surface area contributed by atoms with Crippen LogP contribution in [0.25, 0.3) is 11.2 Å². The number of aromatic nitrogens is 4. The van der Waals surface area contributed by atoms with Crippen LogP contribution in [0.3, 0.4) is 0 Å². The van der Waals surface area contributed by atoms with Gasteiger partial charge in [-0.25, -0.2) is 10.1 Å². The fraction of sp³-hybridized carbons (Fsp3) is 0.455. The molecule has 1 amide bonds. The first-order valence-electron chi connectivity index (χ1n) is 10.6. The van der Waals surface area contributed by atoms with Crippen LogP contribution in [-0.2, 0) is 0 Å². The zero-order valence-corrected chi connectivity index (χ0v) is 17.3. The number of carbonyl (C=O) groups excluding carboxylic acids is 1. The molecule has 1 unspecified atom stereocenters. The lowest BCUT2D eigenvalue weighted by atomic mass is 9.81. The van der Waals surface area contributed by atoms with Crippen molar-refractivity contribution < 1.29 is 4.79 Å². The van der Waals surface area contributed by atoms with E-state index >= 15 is 0 Å². The molecular weight excluding hydrogens is 378 g/mol. The largest absolute Gasteiger partial charge is 0.384 e. The highest BCUT2D eigenvalue weighted by atomic mass is 16.1. The predicted octanol–water partition coefficient (Wildman–Crippen LogP) is 2.84. The quantitative estimate of drug-likeness (QED) is 0.475. The second kappa shape index (κ2) is 8.79. The fourth-order valence-corrected chi connectivity index (χ4v) is 4.47. The molecule has 4 rings (SSSR count). The number of nitrogens with zero attached hydrogens (tertiary/aromatic N) is 3. The summed E-state index contributed by atoms with van der Waals surface area (Å²) in [6, 6.07) is 10.2. The van der Waals surface area contributed by atoms with E-state index in [0.717, 1.165) is 49.7 Å². The van der Waals surface area contributed by atoms with Crippen LogP contribution in [0.5, 0.6) is 0 Å². The van der Waals surface area contributed by atoms with E-state index < -0.39 is 0 Å². The maximum Gasteiger partial charge on any atom is 0.248 e. The number of H-pyrrole nitrogens is 1. The van der Waals surface area contributed by atoms with Crippen LogP contribution in [0, 0.1) is 0 Å². The predicted molar refractivity (Wildman–Crippen MR) is 117 cm³/mol. The summed E-state index contributed by atoms with van der Waals surface area (Å²) < 4.78 is 0. The first kappa shape index (κ1) is 20.3. The highest BCUT2D eigenvalue weighted by molar-refractivity contribution is 5.92. The summed E-state index contributed by atoms with van der Waals surface area (Å²) in [6.07, 6.45) is 5.63. The number of carbonyl (C=O) groups is 1. The molecule has 1 fully saturated rings. The summed E-state index contributed by atoms with van der Waals surface area (Å²) in [5.74, 6) is 0.993. The minimum absolute atomic E-state index is 0.315. The number of nitrogen functional groups attached to an aromatic ring is 1. The number of fused-ring (bicyclic) bond motifs is 1. The molecular formula is C22H29N7O. The van der Waals surface area contributed by atoms with Crippen LogP contribution in [-0.4, -0.2) is 38.9 Å². The van der Waals surface area contributed by atoms with Gasteiger partial charge in [0.2, 0.25) is 5.91 Å². The van der Waals surface area contributed by atoms with Crippen molar-refractivity contribution in [3.63, 3.8) is 0 Å². The number of hydrogen-bond donors (Lipinski definition) is 4. The smallest absolute Gasteiger partial charge is 0.248 e. The Kier molecular flexibility index (Phi) is 5.94. The third-order valence-electron chi connectivity index (χ3n) is 6.28. The normalized spacial score (nSPS) is 20.3. The summed E-state index contributed by atoms with van der Waals surface area (Å²) in [4.78, 5) is 15.5. The minimum Gasteiger partial charge on any atom is -0.384 e. The third kappa shape index (κ3) is 4.43. The number of nitrogens with one attached hydrogen (secondary N) is 2. The van der Waals surface area contributed by atoms with E-state index in [2.05, 4.69) is 32.6 Å². The van der Waals surface area contributed by atoms with E-state index in [-0.39, 0.29) is 5.91 Å². The van der Waals surface area contributed by atoms with E-state index in [1.807, 2.05) is 30.3 Å². The summed E-state index contributed by atoms with van der Waals surface area (Å²) in [5, 5.41) is 14.5. The van der Waals surface area contributed by atoms with Gasteiger partial charge in [0.15, 0.2) is 5.65 Å². The number of anilines is 1. The molecule has 1 aliphatic rings. The topological polar surface area (TPSA) is 136 Å². The average Bonchev–Trinajstić information content (AvgIpc) is 3.22. The van der Waals surface area contributed by atoms with E-state index in [9.17, 15) is 4.79 Å². The molecule has 0 radical (unpaired) electrons. The first-order valence-corrected chi connectivity index (χ1v) is 10.6. The second-order valence-corrected chi connectivity index (χ2v) is 8.32. The molecule has 8 nitrogen and oxygen atoms in total. The number of benzene rings is 1. The van der Waals surface area contributed by atoms with E-state index in [4.69, 9.17) is 11.5 Å². The van der Waals surface area contributed by atoms with E-state index in [1.165, 1.54) is 5.56 Å². The number of hydrogen-bond acceptors (Lipinski definition) is 6. The Morgan fingerprint density at radius 1 is 1.23 bits per heavy atom. The molecule has 6 N–H and O–H groups in total. The Morgan fingerprint density at radius 3 is 2.67 bits per heavy atom. The molecule has 1 aliphatic carbocycles. The Balaban J connectivity index is 1.25. The van der Waals surface area contributed by atoms with E-state index in [1.54, 1.807) is 0 Å². The zero-order chi connectivity index (χ0) is 21.1. The number of primary amides is 1. The Morgan fingerprint density at radius 2 is 1.97 bits per heavy atom. The lowest BCUT2D eigenvalue weighted by molar-refractivity contribution is 0.100. The van der Waals surface area contributed by atoms with Crippen molar-refractivity contribution in [2.24, 2.45) is 5.73 Å². The molecule has 0 saturated heterocycles. The van der Waals surface area contributed by atoms with Gasteiger partial charge in [0.05, 0.1) is 0 Å². The molecule has 158 valence electrons. The fourth-order valence-electron chi connectivity index (χ4n) is 4.47. The molecule has 0 bridgehead atoms. The Bertz CT molecular complexity index is 1010. The molecule has 1 aromatic carbocycles. The van der Waals surface area contributed by atoms with Gasteiger partial charge in [-0.3, -0.25) is 4.79 Å². The van der Waals surface area contributed by atoms with E-state index in [0.29, 0.717) is 34.9 Å². The Labute approximate surface area is 175 Å². The van der Waals surface area contributed by atoms with Gasteiger partial charge >= 0.3 is 0 Å². The minimum atomic E-state index is -0.373. The van der Waals surface area contributed by atoms with Gasteiger partial charge in [-0.1, -0.05) is 24.3 Å². The number of rotatable bonds is 7. The Hall–Kier alpha value is -3.00. The lowest BCUT2D eigenvalue weighted by Gasteiger charge is -2.30. The first-order chi connectivity index (χ1) is 14.5. The maximum absolute atomic E-state index is 11.2. The summed E-state index contributed by atoms with van der Waals surface area (Å²) in [6.45, 7) is 3.14. The van der Waals surface area contributed by atoms with Crippen molar-refractivity contribution in [2.75, 3.05) is 12.3 Å². The van der Waals surface area contributed by atoms with Crippen LogP contribution in [0.1, 0.15) is 72.3 Å². The van der Waals surface area contributed by atoms with Crippen molar-refractivity contribution in [1.82, 2.24) is 25.7 Å². The van der Waals surface area contributed by atoms with Gasteiger partial charge in [0.1, 0.15) is 11.3 Å². The SMILES string of the molecule is CC(CCNC1CCC(c2ccc(C(N)=O)cc2)CC1)c1cc(N)nc2[nH]nnc12. The second-order valence-electron chi connectivity index (χ2n) is 8.32. The number of aromatic amines is 1. The van der Waals surface area contributed by atoms with Crippen molar-refractivity contribution in [2.45, 2.75) is 56.9 Å². The summed E-state index contributed by atoms with van der Waals surface area (Å²) >= 11 is 0. The van der Waals surface area contributed by atoms with Crippen LogP contribution in [0.2, 0.25) is 0 Å². The van der Waals surface area contributed by atoms with Crippen molar-refractivity contribution in [3.8, 4) is 0 Å². The molecule has 1 atom stereocenters. The molecule has 30 heavy (non-hydrogen) atoms. The molecule has 1 saturated carbocycles. The van der Waals surface area contributed by atoms with Gasteiger partial charge in [0, 0.05) is 11.6 Å². The van der Waals surface area contributed by atoms with Crippen LogP contribution < -0.4 is 16.8 Å². The zero-order valence-electron chi connectivity index (χ0n) is 17.3. The average molecular weight is 408 g/mol. The van der Waals surface area contributed by atoms with Gasteiger partial charge in [-0.15, -0.1) is 5.10 Å². The van der Waals surface area contributed by atoms with Crippen molar-refractivity contribution in [3.05, 3.63) is 47.0 Å². The summed E-state index contributed by atoms with van der Waals surface area (Å²) in [7, 11) is 0. The van der Waals surface area contributed by atoms with Crippen molar-refractivity contribution >= 4 is 22.9 Å². The molecule has 2 heterocycles. The number of nitrogens with two attached hydrogens (primary N) is 2. The summed E-state index contributed by atoms with van der Waals surface area (Å²) in [5.41, 5.74) is 15.7. The van der Waals surface area contributed by atoms with Crippen LogP contribution >= 0.6 is 0 Å². The molecule has 2 aromatic heterocycles. The van der Waals surface area contributed by atoms with Gasteiger partial charge in [0.25, 0.3) is 0 Å². The van der Waals surface area contributed by atoms with Gasteiger partial charge < -0.3 is 16.8 Å². The van der Waals surface area contributed by atoms with Crippen LogP contribution in [0.4, 0.5) is 5.82 Å². The van der Waals surface area contributed by atoms with Crippen molar-refractivity contribution in [1.29, 1.82) is 0 Å². The number of pyridine rings is 1. The van der Waals surface area contributed by atoms with Crippen LogP contribution in [0.15, 0.2) is 30.3 Å².